The molecule has 1 aromatic carbocycles. The van der Waals surface area contributed by atoms with Crippen molar-refractivity contribution in [3.8, 4) is 12.1 Å². The SMILES string of the molecule is N#CCCCc1ccc(CC2(C#N)CCC2)cc1F. The highest BCUT2D eigenvalue weighted by molar-refractivity contribution is 5.27. The Hall–Kier alpha value is -1.87. The summed E-state index contributed by atoms with van der Waals surface area (Å²) in [6, 6.07) is 9.72. The molecule has 3 heteroatoms. The summed E-state index contributed by atoms with van der Waals surface area (Å²) in [6.07, 6.45) is 5.35. The Kier molecular flexibility index (Phi) is 4.17. The molecular formula is C16H17FN2. The monoisotopic (exact) mass is 256 g/mol. The highest BCUT2D eigenvalue weighted by Crippen LogP contribution is 2.43. The first-order valence-electron chi connectivity index (χ1n) is 6.75. The van der Waals surface area contributed by atoms with Crippen LogP contribution in [-0.2, 0) is 12.8 Å². The molecule has 0 N–H and O–H groups in total. The summed E-state index contributed by atoms with van der Waals surface area (Å²) in [5.41, 5.74) is 1.32. The molecule has 1 aliphatic carbocycles. The average molecular weight is 256 g/mol. The van der Waals surface area contributed by atoms with Gasteiger partial charge in [0.25, 0.3) is 0 Å². The Bertz CT molecular complexity index is 533. The van der Waals surface area contributed by atoms with Crippen molar-refractivity contribution >= 4 is 0 Å². The second-order valence-corrected chi connectivity index (χ2v) is 5.36. The van der Waals surface area contributed by atoms with Gasteiger partial charge in [-0.3, -0.25) is 0 Å². The van der Waals surface area contributed by atoms with E-state index in [0.717, 1.165) is 24.8 Å². The largest absolute Gasteiger partial charge is 0.207 e. The minimum absolute atomic E-state index is 0.206. The van der Waals surface area contributed by atoms with Gasteiger partial charge in [-0.05, 0) is 49.3 Å². The van der Waals surface area contributed by atoms with Crippen LogP contribution in [-0.4, -0.2) is 0 Å². The van der Waals surface area contributed by atoms with Crippen LogP contribution in [0.1, 0.15) is 43.2 Å². The molecule has 98 valence electrons. The van der Waals surface area contributed by atoms with Crippen molar-refractivity contribution in [3.63, 3.8) is 0 Å². The summed E-state index contributed by atoms with van der Waals surface area (Å²) in [5, 5.41) is 17.7. The van der Waals surface area contributed by atoms with Gasteiger partial charge in [0.15, 0.2) is 0 Å². The molecule has 0 atom stereocenters. The van der Waals surface area contributed by atoms with Crippen molar-refractivity contribution in [2.24, 2.45) is 5.41 Å². The van der Waals surface area contributed by atoms with Crippen molar-refractivity contribution < 1.29 is 4.39 Å². The van der Waals surface area contributed by atoms with Gasteiger partial charge in [-0.15, -0.1) is 0 Å². The van der Waals surface area contributed by atoms with Crippen LogP contribution < -0.4 is 0 Å². The Morgan fingerprint density at radius 3 is 2.58 bits per heavy atom. The summed E-state index contributed by atoms with van der Waals surface area (Å²) in [4.78, 5) is 0. The van der Waals surface area contributed by atoms with E-state index in [9.17, 15) is 9.65 Å². The van der Waals surface area contributed by atoms with Crippen molar-refractivity contribution in [2.75, 3.05) is 0 Å². The van der Waals surface area contributed by atoms with Gasteiger partial charge in [-0.25, -0.2) is 4.39 Å². The lowest BCUT2D eigenvalue weighted by Gasteiger charge is -2.35. The molecule has 0 spiro atoms. The number of nitrogens with zero attached hydrogens (tertiary/aromatic N) is 2. The molecule has 0 bridgehead atoms. The maximum absolute atomic E-state index is 13.9. The molecular weight excluding hydrogens is 239 g/mol. The zero-order chi connectivity index (χ0) is 13.7. The van der Waals surface area contributed by atoms with Gasteiger partial charge in [0.1, 0.15) is 5.82 Å². The summed E-state index contributed by atoms with van der Waals surface area (Å²) >= 11 is 0. The standard InChI is InChI=1S/C16H17FN2/c17-15-10-13(11-16(12-19)7-3-8-16)5-6-14(15)4-1-2-9-18/h5-6,10H,1-4,7-8,11H2. The molecule has 0 aromatic heterocycles. The average Bonchev–Trinajstić information content (AvgIpc) is 2.36. The molecule has 0 saturated heterocycles. The molecule has 1 aromatic rings. The molecule has 0 unspecified atom stereocenters. The first kappa shape index (κ1) is 13.6. The van der Waals surface area contributed by atoms with Crippen LogP contribution in [0.2, 0.25) is 0 Å². The van der Waals surface area contributed by atoms with Crippen molar-refractivity contribution in [1.82, 2.24) is 0 Å². The molecule has 19 heavy (non-hydrogen) atoms. The lowest BCUT2D eigenvalue weighted by Crippen LogP contribution is -2.29. The number of rotatable bonds is 5. The second-order valence-electron chi connectivity index (χ2n) is 5.36. The van der Waals surface area contributed by atoms with Crippen LogP contribution in [0.3, 0.4) is 0 Å². The fraction of sp³-hybridized carbons (Fsp3) is 0.500. The van der Waals surface area contributed by atoms with E-state index in [0.29, 0.717) is 31.2 Å². The Morgan fingerprint density at radius 1 is 1.26 bits per heavy atom. The Balaban J connectivity index is 2.03. The predicted octanol–water partition coefficient (Wildman–Crippen LogP) is 3.91. The molecule has 0 radical (unpaired) electrons. The maximum Gasteiger partial charge on any atom is 0.126 e. The van der Waals surface area contributed by atoms with Gasteiger partial charge in [0.2, 0.25) is 0 Å². The number of halogens is 1. The topological polar surface area (TPSA) is 47.6 Å². The van der Waals surface area contributed by atoms with E-state index in [1.54, 1.807) is 12.1 Å². The third kappa shape index (κ3) is 3.12. The van der Waals surface area contributed by atoms with Crippen LogP contribution >= 0.6 is 0 Å². The van der Waals surface area contributed by atoms with Crippen molar-refractivity contribution in [1.29, 1.82) is 10.5 Å². The van der Waals surface area contributed by atoms with Crippen LogP contribution in [0.5, 0.6) is 0 Å². The highest BCUT2D eigenvalue weighted by atomic mass is 19.1. The molecule has 2 nitrogen and oxygen atoms in total. The lowest BCUT2D eigenvalue weighted by molar-refractivity contribution is 0.214. The van der Waals surface area contributed by atoms with Gasteiger partial charge in [-0.2, -0.15) is 10.5 Å². The summed E-state index contributed by atoms with van der Waals surface area (Å²) in [7, 11) is 0. The minimum Gasteiger partial charge on any atom is -0.207 e. The highest BCUT2D eigenvalue weighted by Gasteiger charge is 2.37. The van der Waals surface area contributed by atoms with Gasteiger partial charge in [0.05, 0.1) is 17.6 Å². The van der Waals surface area contributed by atoms with Crippen molar-refractivity contribution in [2.45, 2.75) is 44.9 Å². The predicted molar refractivity (Wildman–Crippen MR) is 70.6 cm³/mol. The van der Waals surface area contributed by atoms with Gasteiger partial charge in [0, 0.05) is 6.42 Å². The zero-order valence-electron chi connectivity index (χ0n) is 11.0. The van der Waals surface area contributed by atoms with Crippen LogP contribution in [0.15, 0.2) is 18.2 Å². The first-order valence-corrected chi connectivity index (χ1v) is 6.75. The number of hydrogen-bond donors (Lipinski definition) is 0. The Morgan fingerprint density at radius 2 is 2.05 bits per heavy atom. The third-order valence-corrected chi connectivity index (χ3v) is 3.94. The molecule has 2 rings (SSSR count). The number of aryl methyl sites for hydroxylation is 1. The van der Waals surface area contributed by atoms with E-state index in [-0.39, 0.29) is 11.2 Å². The van der Waals surface area contributed by atoms with E-state index in [1.165, 1.54) is 0 Å². The first-order chi connectivity index (χ1) is 9.19. The normalized spacial score (nSPS) is 16.2. The second kappa shape index (κ2) is 5.85. The molecule has 1 saturated carbocycles. The van der Waals surface area contributed by atoms with Crippen molar-refractivity contribution in [3.05, 3.63) is 35.1 Å². The molecule has 1 aliphatic rings. The minimum atomic E-state index is -0.255. The molecule has 1 fully saturated rings. The van der Waals surface area contributed by atoms with Crippen LogP contribution in [0.25, 0.3) is 0 Å². The van der Waals surface area contributed by atoms with E-state index < -0.39 is 0 Å². The van der Waals surface area contributed by atoms with Gasteiger partial charge < -0.3 is 0 Å². The fourth-order valence-electron chi connectivity index (χ4n) is 2.58. The molecule has 0 amide bonds. The summed E-state index contributed by atoms with van der Waals surface area (Å²) in [5.74, 6) is -0.206. The van der Waals surface area contributed by atoms with E-state index in [2.05, 4.69) is 12.1 Å². The number of nitriles is 2. The van der Waals surface area contributed by atoms with E-state index in [1.807, 2.05) is 6.07 Å². The van der Waals surface area contributed by atoms with Gasteiger partial charge >= 0.3 is 0 Å². The number of benzene rings is 1. The van der Waals surface area contributed by atoms with Crippen LogP contribution in [0, 0.1) is 33.9 Å². The number of unbranched alkanes of at least 4 members (excludes halogenated alkanes) is 1. The zero-order valence-corrected chi connectivity index (χ0v) is 11.0. The fourth-order valence-corrected chi connectivity index (χ4v) is 2.58. The Labute approximate surface area is 113 Å². The lowest BCUT2D eigenvalue weighted by atomic mass is 9.66. The summed E-state index contributed by atoms with van der Waals surface area (Å²) < 4.78 is 13.9. The van der Waals surface area contributed by atoms with Crippen LogP contribution in [0.4, 0.5) is 4.39 Å². The van der Waals surface area contributed by atoms with Gasteiger partial charge in [-0.1, -0.05) is 18.6 Å². The number of hydrogen-bond acceptors (Lipinski definition) is 2. The quantitative estimate of drug-likeness (QED) is 0.750. The maximum atomic E-state index is 13.9. The summed E-state index contributed by atoms with van der Waals surface area (Å²) in [6.45, 7) is 0. The third-order valence-electron chi connectivity index (χ3n) is 3.94. The molecule has 0 aliphatic heterocycles. The smallest absolute Gasteiger partial charge is 0.126 e. The van der Waals surface area contributed by atoms with E-state index >= 15 is 0 Å². The molecule has 0 heterocycles. The van der Waals surface area contributed by atoms with E-state index in [4.69, 9.17) is 5.26 Å².